The number of rotatable bonds is 6. The maximum Gasteiger partial charge on any atom is 0.471 e. The molecule has 0 aromatic heterocycles. The van der Waals surface area contributed by atoms with E-state index >= 15 is 0 Å². The Balaban J connectivity index is 1.74. The third kappa shape index (κ3) is 6.22. The van der Waals surface area contributed by atoms with E-state index in [9.17, 15) is 46.4 Å². The van der Waals surface area contributed by atoms with Crippen LogP contribution in [0.25, 0.3) is 0 Å². The molecule has 2 aliphatic rings. The Kier molecular flexibility index (Phi) is 8.34. The van der Waals surface area contributed by atoms with E-state index in [1.54, 1.807) is 5.32 Å². The first-order valence-electron chi connectivity index (χ1n) is 13.2. The van der Waals surface area contributed by atoms with Gasteiger partial charge in [0.25, 0.3) is 5.91 Å². The summed E-state index contributed by atoms with van der Waals surface area (Å²) in [6.45, 7) is 4.11. The fourth-order valence-corrected chi connectivity index (χ4v) is 5.39. The number of nitrogens with one attached hydrogen (secondary N) is 3. The molecule has 9 nitrogen and oxygen atoms in total. The fourth-order valence-electron chi connectivity index (χ4n) is 5.39. The number of hydrogen-bond acceptors (Lipinski definition) is 6. The van der Waals surface area contributed by atoms with Crippen LogP contribution in [0.2, 0.25) is 0 Å². The number of nitrogens with zero attached hydrogens (tertiary/aromatic N) is 2. The second-order valence-electron chi connectivity index (χ2n) is 11.7. The molecule has 4 amide bonds. The molecule has 0 aliphatic carbocycles. The number of alkyl halides is 3. The van der Waals surface area contributed by atoms with E-state index in [2.05, 4.69) is 10.6 Å². The normalized spacial score (nSPS) is 21.2. The number of anilines is 1. The van der Waals surface area contributed by atoms with E-state index in [0.717, 1.165) is 29.2 Å². The van der Waals surface area contributed by atoms with Crippen LogP contribution in [0.15, 0.2) is 42.5 Å². The number of benzene rings is 2. The Morgan fingerprint density at radius 3 is 2.35 bits per heavy atom. The van der Waals surface area contributed by atoms with Gasteiger partial charge in [0.1, 0.15) is 23.7 Å². The van der Waals surface area contributed by atoms with Gasteiger partial charge in [-0.25, -0.2) is 13.7 Å². The molecule has 0 saturated carbocycles. The number of fused-ring (bicyclic) bond motifs is 2. The Morgan fingerprint density at radius 1 is 1.09 bits per heavy atom. The van der Waals surface area contributed by atoms with E-state index < -0.39 is 76.8 Å². The molecule has 1 saturated heterocycles. The molecule has 2 aliphatic heterocycles. The van der Waals surface area contributed by atoms with Crippen molar-refractivity contribution in [3.8, 4) is 6.07 Å². The Labute approximate surface area is 243 Å². The first-order valence-corrected chi connectivity index (χ1v) is 13.2. The van der Waals surface area contributed by atoms with E-state index in [1.807, 2.05) is 6.07 Å². The lowest BCUT2D eigenvalue weighted by Crippen LogP contribution is -2.60. The van der Waals surface area contributed by atoms with Gasteiger partial charge in [-0.2, -0.15) is 18.4 Å². The fraction of sp³-hybridized carbons (Fsp3) is 0.414. The number of amides is 4. The number of carbonyl (C=O) groups is 4. The SMILES string of the molecule is CC(C)(C)[C@H](NC(=O)C(F)(F)F)C(=O)N[C@@H](Cc1cccc(F)c1)C(=O)N1C(=O)[C@@]2(CN[C@H](C#N)C2)c2cc(F)ccc21. The predicted molar refractivity (Wildman–Crippen MR) is 142 cm³/mol. The average molecular weight is 606 g/mol. The van der Waals surface area contributed by atoms with Gasteiger partial charge in [0.2, 0.25) is 11.8 Å². The quantitative estimate of drug-likeness (QED) is 0.434. The molecule has 43 heavy (non-hydrogen) atoms. The third-order valence-electron chi connectivity index (χ3n) is 7.51. The van der Waals surface area contributed by atoms with Crippen molar-refractivity contribution >= 4 is 29.3 Å². The Hall–Kier alpha value is -4.38. The van der Waals surface area contributed by atoms with Crippen LogP contribution in [0.5, 0.6) is 0 Å². The maximum atomic E-state index is 14.4. The van der Waals surface area contributed by atoms with E-state index in [4.69, 9.17) is 0 Å². The van der Waals surface area contributed by atoms with Crippen molar-refractivity contribution < 1.29 is 41.1 Å². The summed E-state index contributed by atoms with van der Waals surface area (Å²) in [5.41, 5.74) is -2.38. The first-order chi connectivity index (χ1) is 20.0. The predicted octanol–water partition coefficient (Wildman–Crippen LogP) is 2.78. The summed E-state index contributed by atoms with van der Waals surface area (Å²) in [7, 11) is 0. The number of hydrogen-bond donors (Lipinski definition) is 3. The molecular weight excluding hydrogens is 577 g/mol. The van der Waals surface area contributed by atoms with Crippen LogP contribution in [0.4, 0.5) is 27.6 Å². The second kappa shape index (κ2) is 11.4. The number of imide groups is 1. The summed E-state index contributed by atoms with van der Waals surface area (Å²) >= 11 is 0. The monoisotopic (exact) mass is 605 g/mol. The highest BCUT2D eigenvalue weighted by Crippen LogP contribution is 2.47. The van der Waals surface area contributed by atoms with Crippen LogP contribution < -0.4 is 20.9 Å². The lowest BCUT2D eigenvalue weighted by molar-refractivity contribution is -0.175. The minimum Gasteiger partial charge on any atom is -0.342 e. The summed E-state index contributed by atoms with van der Waals surface area (Å²) in [4.78, 5) is 54.0. The van der Waals surface area contributed by atoms with Crippen molar-refractivity contribution in [3.63, 3.8) is 0 Å². The van der Waals surface area contributed by atoms with E-state index in [-0.39, 0.29) is 29.8 Å². The molecule has 2 heterocycles. The van der Waals surface area contributed by atoms with Gasteiger partial charge in [0.05, 0.1) is 23.2 Å². The average Bonchev–Trinajstić information content (AvgIpc) is 3.45. The first kappa shape index (κ1) is 31.6. The van der Waals surface area contributed by atoms with Crippen LogP contribution in [-0.4, -0.2) is 54.5 Å². The van der Waals surface area contributed by atoms with Gasteiger partial charge in [-0.15, -0.1) is 0 Å². The molecule has 2 aromatic carbocycles. The lowest BCUT2D eigenvalue weighted by atomic mass is 9.79. The molecule has 14 heteroatoms. The number of carbonyl (C=O) groups excluding carboxylic acids is 4. The smallest absolute Gasteiger partial charge is 0.342 e. The number of halogens is 5. The minimum atomic E-state index is -5.30. The molecule has 2 aromatic rings. The van der Waals surface area contributed by atoms with Gasteiger partial charge in [0, 0.05) is 13.0 Å². The molecule has 4 rings (SSSR count). The van der Waals surface area contributed by atoms with Gasteiger partial charge >= 0.3 is 12.1 Å². The van der Waals surface area contributed by atoms with Gasteiger partial charge in [0.15, 0.2) is 0 Å². The van der Waals surface area contributed by atoms with Crippen molar-refractivity contribution in [2.45, 2.75) is 63.3 Å². The van der Waals surface area contributed by atoms with E-state index in [1.165, 1.54) is 39.0 Å². The molecule has 0 unspecified atom stereocenters. The number of nitriles is 1. The highest BCUT2D eigenvalue weighted by molar-refractivity contribution is 6.24. The molecule has 1 fully saturated rings. The largest absolute Gasteiger partial charge is 0.471 e. The molecule has 228 valence electrons. The minimum absolute atomic E-state index is 0.00743. The summed E-state index contributed by atoms with van der Waals surface area (Å²) in [6, 6.07) is 6.13. The van der Waals surface area contributed by atoms with Gasteiger partial charge in [-0.3, -0.25) is 19.2 Å². The van der Waals surface area contributed by atoms with Gasteiger partial charge in [-0.1, -0.05) is 32.9 Å². The summed E-state index contributed by atoms with van der Waals surface area (Å²) in [6.07, 6.45) is -5.76. The lowest BCUT2D eigenvalue weighted by Gasteiger charge is -2.33. The van der Waals surface area contributed by atoms with Crippen molar-refractivity contribution in [1.82, 2.24) is 16.0 Å². The zero-order valence-electron chi connectivity index (χ0n) is 23.3. The van der Waals surface area contributed by atoms with Crippen LogP contribution in [0.1, 0.15) is 38.3 Å². The van der Waals surface area contributed by atoms with Crippen molar-refractivity contribution in [2.24, 2.45) is 5.41 Å². The van der Waals surface area contributed by atoms with Crippen molar-refractivity contribution in [3.05, 3.63) is 65.2 Å². The zero-order chi connectivity index (χ0) is 31.9. The summed E-state index contributed by atoms with van der Waals surface area (Å²) in [5.74, 6) is -6.71. The van der Waals surface area contributed by atoms with Crippen molar-refractivity contribution in [2.75, 3.05) is 11.4 Å². The Morgan fingerprint density at radius 2 is 1.77 bits per heavy atom. The molecule has 0 bridgehead atoms. The maximum absolute atomic E-state index is 14.4. The highest BCUT2D eigenvalue weighted by Gasteiger charge is 2.57. The topological polar surface area (TPSA) is 131 Å². The molecule has 0 radical (unpaired) electrons. The molecule has 3 N–H and O–H groups in total. The summed E-state index contributed by atoms with van der Waals surface area (Å²) < 4.78 is 67.6. The second-order valence-corrected chi connectivity index (χ2v) is 11.7. The van der Waals surface area contributed by atoms with Crippen LogP contribution in [0, 0.1) is 28.4 Å². The Bertz CT molecular complexity index is 1520. The molecular formula is C29H28F5N5O4. The summed E-state index contributed by atoms with van der Waals surface area (Å²) in [5, 5.41) is 16.3. The van der Waals surface area contributed by atoms with Crippen LogP contribution in [-0.2, 0) is 31.0 Å². The van der Waals surface area contributed by atoms with Crippen molar-refractivity contribution in [1.29, 1.82) is 5.26 Å². The van der Waals surface area contributed by atoms with Gasteiger partial charge < -0.3 is 16.0 Å². The van der Waals surface area contributed by atoms with E-state index in [0.29, 0.717) is 0 Å². The zero-order valence-corrected chi connectivity index (χ0v) is 23.3. The third-order valence-corrected chi connectivity index (χ3v) is 7.51. The van der Waals surface area contributed by atoms with Gasteiger partial charge in [-0.05, 0) is 53.3 Å². The standard InChI is InChI=1S/C29H28F5N5O4/c1-27(2,3)22(38-25(42)29(32,33)34)23(40)37-20(10-15-5-4-6-16(30)9-15)24(41)39-21-8-7-17(31)11-19(21)28(26(39)43)12-18(13-35)36-14-28/h4-9,11,18,20,22,36H,10,12,14H2,1-3H3,(H,37,40)(H,38,42)/t18-,20-,22+,28-/m0/s1. The highest BCUT2D eigenvalue weighted by atomic mass is 19.4. The molecule has 4 atom stereocenters. The van der Waals surface area contributed by atoms with Crippen LogP contribution in [0.3, 0.4) is 0 Å². The van der Waals surface area contributed by atoms with Crippen LogP contribution >= 0.6 is 0 Å². The molecule has 1 spiro atoms.